The van der Waals surface area contributed by atoms with E-state index in [1.165, 1.54) is 6.07 Å². The summed E-state index contributed by atoms with van der Waals surface area (Å²) >= 11 is 0.883. The number of phenolic OH excluding ortho intramolecular Hbond substituents is 1. The molecule has 1 heterocycles. The molecule has 2 aromatic rings. The van der Waals surface area contributed by atoms with Gasteiger partial charge in [0.15, 0.2) is 5.75 Å². The van der Waals surface area contributed by atoms with Crippen LogP contribution in [0.4, 0.5) is 10.8 Å². The standard InChI is InChI=1S/C8H5N5O4S/c14-6-3-4(1-2-5(6)13(16)17)7(15)9-8-10-11-12-18-8/h1-3,14H,(H,9,10,12,15). The van der Waals surface area contributed by atoms with Crippen LogP contribution in [0.1, 0.15) is 10.4 Å². The molecule has 2 N–H and O–H groups in total. The first-order valence-electron chi connectivity index (χ1n) is 4.51. The van der Waals surface area contributed by atoms with E-state index in [4.69, 9.17) is 0 Å². The Morgan fingerprint density at radius 1 is 1.50 bits per heavy atom. The fraction of sp³-hybridized carbons (Fsp3) is 0. The Morgan fingerprint density at radius 3 is 2.83 bits per heavy atom. The van der Waals surface area contributed by atoms with E-state index in [1.54, 1.807) is 0 Å². The van der Waals surface area contributed by atoms with Crippen LogP contribution in [0.15, 0.2) is 18.2 Å². The highest BCUT2D eigenvalue weighted by Gasteiger charge is 2.16. The molecule has 0 atom stereocenters. The summed E-state index contributed by atoms with van der Waals surface area (Å²) in [5, 5.41) is 29.2. The Bertz CT molecular complexity index is 600. The van der Waals surface area contributed by atoms with Crippen LogP contribution in [-0.4, -0.2) is 30.7 Å². The number of nitro benzene ring substituents is 1. The zero-order valence-corrected chi connectivity index (χ0v) is 9.42. The second kappa shape index (κ2) is 4.71. The van der Waals surface area contributed by atoms with E-state index in [9.17, 15) is 20.0 Å². The molecule has 0 aliphatic heterocycles. The average molecular weight is 267 g/mol. The summed E-state index contributed by atoms with van der Waals surface area (Å²) in [7, 11) is 0. The molecule has 0 fully saturated rings. The normalized spacial score (nSPS) is 10.0. The van der Waals surface area contributed by atoms with Crippen molar-refractivity contribution in [3.05, 3.63) is 33.9 Å². The van der Waals surface area contributed by atoms with Crippen molar-refractivity contribution in [2.45, 2.75) is 0 Å². The lowest BCUT2D eigenvalue weighted by molar-refractivity contribution is -0.385. The Balaban J connectivity index is 2.21. The molecular formula is C8H5N5O4S. The number of hydrogen-bond donors (Lipinski definition) is 2. The number of amides is 1. The minimum Gasteiger partial charge on any atom is -0.502 e. The summed E-state index contributed by atoms with van der Waals surface area (Å²) in [5.74, 6) is -1.15. The highest BCUT2D eigenvalue weighted by atomic mass is 32.1. The van der Waals surface area contributed by atoms with Crippen LogP contribution in [0.5, 0.6) is 5.75 Å². The van der Waals surface area contributed by atoms with Gasteiger partial charge in [0.2, 0.25) is 5.13 Å². The van der Waals surface area contributed by atoms with Gasteiger partial charge in [-0.3, -0.25) is 20.2 Å². The van der Waals surface area contributed by atoms with Crippen molar-refractivity contribution in [2.24, 2.45) is 0 Å². The van der Waals surface area contributed by atoms with Crippen LogP contribution >= 0.6 is 11.5 Å². The van der Waals surface area contributed by atoms with E-state index >= 15 is 0 Å². The van der Waals surface area contributed by atoms with E-state index < -0.39 is 22.3 Å². The molecule has 18 heavy (non-hydrogen) atoms. The van der Waals surface area contributed by atoms with Crippen LogP contribution in [0.2, 0.25) is 0 Å². The van der Waals surface area contributed by atoms with Gasteiger partial charge in [0.1, 0.15) is 0 Å². The molecule has 1 aromatic carbocycles. The van der Waals surface area contributed by atoms with Crippen LogP contribution in [0.3, 0.4) is 0 Å². The third-order valence-electron chi connectivity index (χ3n) is 1.95. The van der Waals surface area contributed by atoms with Gasteiger partial charge in [0.05, 0.1) is 4.92 Å². The number of phenols is 1. The maximum Gasteiger partial charge on any atom is 0.310 e. The number of nitrogens with zero attached hydrogens (tertiary/aromatic N) is 4. The van der Waals surface area contributed by atoms with Crippen LogP contribution in [0, 0.1) is 10.1 Å². The minimum atomic E-state index is -0.744. The van der Waals surface area contributed by atoms with Gasteiger partial charge in [0, 0.05) is 23.2 Å². The first-order chi connectivity index (χ1) is 8.58. The first kappa shape index (κ1) is 11.9. The molecule has 10 heteroatoms. The molecule has 9 nitrogen and oxygen atoms in total. The Hall–Kier alpha value is -2.62. The lowest BCUT2D eigenvalue weighted by Gasteiger charge is -2.01. The number of aromatic nitrogens is 3. The quantitative estimate of drug-likeness (QED) is 0.620. The molecule has 2 rings (SSSR count). The maximum atomic E-state index is 11.7. The summed E-state index contributed by atoms with van der Waals surface area (Å²) in [5.41, 5.74) is -0.405. The van der Waals surface area contributed by atoms with Crippen molar-refractivity contribution in [2.75, 3.05) is 5.32 Å². The molecule has 0 aliphatic rings. The average Bonchev–Trinajstić information content (AvgIpc) is 2.81. The smallest absolute Gasteiger partial charge is 0.310 e. The molecule has 0 saturated heterocycles. The SMILES string of the molecule is O=C(Nc1nnns1)c1ccc([N+](=O)[O-])c(O)c1. The van der Waals surface area contributed by atoms with Gasteiger partial charge >= 0.3 is 5.69 Å². The number of aromatic hydroxyl groups is 1. The van der Waals surface area contributed by atoms with Gasteiger partial charge in [-0.15, -0.1) is 0 Å². The van der Waals surface area contributed by atoms with Gasteiger partial charge in [-0.05, 0) is 17.3 Å². The van der Waals surface area contributed by atoms with E-state index in [-0.39, 0.29) is 10.7 Å². The number of anilines is 1. The molecule has 1 amide bonds. The van der Waals surface area contributed by atoms with Crippen molar-refractivity contribution in [1.82, 2.24) is 14.8 Å². The van der Waals surface area contributed by atoms with Crippen molar-refractivity contribution < 1.29 is 14.8 Å². The third kappa shape index (κ3) is 2.38. The monoisotopic (exact) mass is 267 g/mol. The van der Waals surface area contributed by atoms with Crippen molar-refractivity contribution in [3.63, 3.8) is 0 Å². The van der Waals surface area contributed by atoms with Gasteiger partial charge in [0.25, 0.3) is 5.91 Å². The minimum absolute atomic E-state index is 0.0632. The summed E-state index contributed by atoms with van der Waals surface area (Å²) in [4.78, 5) is 21.4. The lowest BCUT2D eigenvalue weighted by atomic mass is 10.2. The number of benzene rings is 1. The molecule has 0 spiro atoms. The van der Waals surface area contributed by atoms with Crippen LogP contribution in [0.25, 0.3) is 0 Å². The fourth-order valence-electron chi connectivity index (χ4n) is 1.17. The molecule has 0 aliphatic carbocycles. The van der Waals surface area contributed by atoms with E-state index in [1.807, 2.05) is 0 Å². The maximum absolute atomic E-state index is 11.7. The predicted molar refractivity (Wildman–Crippen MR) is 60.4 cm³/mol. The number of nitrogens with one attached hydrogen (secondary N) is 1. The van der Waals surface area contributed by atoms with E-state index in [0.29, 0.717) is 0 Å². The Kier molecular flexibility index (Phi) is 3.10. The summed E-state index contributed by atoms with van der Waals surface area (Å²) in [6, 6.07) is 3.27. The third-order valence-corrected chi connectivity index (χ3v) is 2.47. The fourth-order valence-corrected chi connectivity index (χ4v) is 1.53. The first-order valence-corrected chi connectivity index (χ1v) is 5.29. The highest BCUT2D eigenvalue weighted by Crippen LogP contribution is 2.26. The lowest BCUT2D eigenvalue weighted by Crippen LogP contribution is -2.11. The number of nitro groups is 1. The van der Waals surface area contributed by atoms with Crippen molar-refractivity contribution in [1.29, 1.82) is 0 Å². The second-order valence-electron chi connectivity index (χ2n) is 3.08. The van der Waals surface area contributed by atoms with Gasteiger partial charge in [-0.2, -0.15) is 0 Å². The highest BCUT2D eigenvalue weighted by molar-refractivity contribution is 7.09. The Labute approximate surface area is 103 Å². The summed E-state index contributed by atoms with van der Waals surface area (Å²) < 4.78 is 3.45. The molecule has 0 bridgehead atoms. The van der Waals surface area contributed by atoms with Crippen LogP contribution < -0.4 is 5.32 Å². The zero-order chi connectivity index (χ0) is 13.1. The largest absolute Gasteiger partial charge is 0.502 e. The van der Waals surface area contributed by atoms with Crippen LogP contribution in [-0.2, 0) is 0 Å². The molecule has 1 aromatic heterocycles. The molecule has 92 valence electrons. The predicted octanol–water partition coefficient (Wildman–Crippen LogP) is 0.799. The van der Waals surface area contributed by atoms with Crippen molar-refractivity contribution >= 4 is 28.3 Å². The molecule has 0 saturated carbocycles. The Morgan fingerprint density at radius 2 is 2.28 bits per heavy atom. The van der Waals surface area contributed by atoms with E-state index in [0.717, 1.165) is 23.7 Å². The number of hydrogen-bond acceptors (Lipinski definition) is 8. The van der Waals surface area contributed by atoms with Gasteiger partial charge in [-0.25, -0.2) is 0 Å². The number of carbonyl (C=O) groups excluding carboxylic acids is 1. The molecule has 0 radical (unpaired) electrons. The zero-order valence-electron chi connectivity index (χ0n) is 8.60. The summed E-state index contributed by atoms with van der Waals surface area (Å²) in [6.07, 6.45) is 0. The second-order valence-corrected chi connectivity index (χ2v) is 3.81. The molecular weight excluding hydrogens is 262 g/mol. The molecule has 0 unspecified atom stereocenters. The number of rotatable bonds is 3. The van der Waals surface area contributed by atoms with Gasteiger partial charge in [-0.1, -0.05) is 9.59 Å². The van der Waals surface area contributed by atoms with Gasteiger partial charge < -0.3 is 5.11 Å². The number of carbonyl (C=O) groups is 1. The van der Waals surface area contributed by atoms with Crippen molar-refractivity contribution in [3.8, 4) is 5.75 Å². The topological polar surface area (TPSA) is 131 Å². The summed E-state index contributed by atoms with van der Waals surface area (Å²) in [6.45, 7) is 0. The van der Waals surface area contributed by atoms with E-state index in [2.05, 4.69) is 20.1 Å².